The molecular weight excluding hydrogens is 392 g/mol. The average molecular weight is 420 g/mol. The van der Waals surface area contributed by atoms with Crippen LogP contribution in [0.15, 0.2) is 36.4 Å². The van der Waals surface area contributed by atoms with Gasteiger partial charge in [-0.05, 0) is 26.7 Å². The van der Waals surface area contributed by atoms with E-state index in [9.17, 15) is 4.79 Å². The summed E-state index contributed by atoms with van der Waals surface area (Å²) in [5, 5.41) is 0. The van der Waals surface area contributed by atoms with Gasteiger partial charge in [-0.3, -0.25) is 4.90 Å². The van der Waals surface area contributed by atoms with Crippen LogP contribution in [0.25, 0.3) is 16.9 Å². The van der Waals surface area contributed by atoms with Crippen LogP contribution in [0, 0.1) is 6.92 Å². The number of fused-ring (bicyclic) bond motifs is 2. The van der Waals surface area contributed by atoms with Crippen LogP contribution in [0.2, 0.25) is 0 Å². The Morgan fingerprint density at radius 3 is 2.71 bits per heavy atom. The highest BCUT2D eigenvalue weighted by atomic mass is 16.8. The Labute approximate surface area is 181 Å². The van der Waals surface area contributed by atoms with Crippen molar-refractivity contribution >= 4 is 17.4 Å². The quantitative estimate of drug-likeness (QED) is 0.470. The summed E-state index contributed by atoms with van der Waals surface area (Å²) in [6.07, 6.45) is 1.48. The molecule has 3 aromatic rings. The summed E-state index contributed by atoms with van der Waals surface area (Å²) in [4.78, 5) is 20.2. The van der Waals surface area contributed by atoms with E-state index in [2.05, 4.69) is 51.4 Å². The fraction of sp³-hybridized carbons (Fsp3) is 0.458. The van der Waals surface area contributed by atoms with E-state index in [4.69, 9.17) is 14.5 Å². The van der Waals surface area contributed by atoms with Crippen molar-refractivity contribution in [2.75, 3.05) is 11.4 Å². The molecule has 2 aromatic heterocycles. The molecule has 7 heteroatoms. The van der Waals surface area contributed by atoms with Crippen LogP contribution >= 0.6 is 0 Å². The highest BCUT2D eigenvalue weighted by Gasteiger charge is 2.51. The van der Waals surface area contributed by atoms with Crippen LogP contribution in [0.3, 0.4) is 0 Å². The second-order valence-electron chi connectivity index (χ2n) is 9.31. The van der Waals surface area contributed by atoms with Gasteiger partial charge in [0, 0.05) is 25.5 Å². The largest absolute Gasteiger partial charge is 0.431 e. The Bertz CT molecular complexity index is 1220. The van der Waals surface area contributed by atoms with Gasteiger partial charge in [0.25, 0.3) is 11.5 Å². The van der Waals surface area contributed by atoms with E-state index in [0.717, 1.165) is 53.4 Å². The highest BCUT2D eigenvalue weighted by Crippen LogP contribution is 2.44. The molecule has 0 amide bonds. The molecule has 3 unspecified atom stereocenters. The number of aromatic nitrogens is 3. The molecule has 6 rings (SSSR count). The van der Waals surface area contributed by atoms with E-state index in [1.165, 1.54) is 0 Å². The highest BCUT2D eigenvalue weighted by molar-refractivity contribution is 5.81. The summed E-state index contributed by atoms with van der Waals surface area (Å²) in [6.45, 7) is 8.78. The van der Waals surface area contributed by atoms with E-state index in [1.807, 2.05) is 13.0 Å². The molecule has 0 N–H and O–H groups in total. The van der Waals surface area contributed by atoms with Gasteiger partial charge in [-0.2, -0.15) is 0 Å². The van der Waals surface area contributed by atoms with Gasteiger partial charge in [-0.15, -0.1) is 9.50 Å². The van der Waals surface area contributed by atoms with Crippen molar-refractivity contribution in [2.24, 2.45) is 0 Å². The lowest BCUT2D eigenvalue weighted by molar-refractivity contribution is -0.608. The molecule has 3 aliphatic rings. The summed E-state index contributed by atoms with van der Waals surface area (Å²) in [5.41, 5.74) is 4.82. The Morgan fingerprint density at radius 1 is 1.23 bits per heavy atom. The Morgan fingerprint density at radius 2 is 2.00 bits per heavy atom. The molecule has 5 heterocycles. The summed E-state index contributed by atoms with van der Waals surface area (Å²) < 4.78 is 16.2. The minimum atomic E-state index is -0.940. The van der Waals surface area contributed by atoms with Gasteiger partial charge in [0.05, 0.1) is 24.3 Å². The van der Waals surface area contributed by atoms with Crippen LogP contribution in [-0.2, 0) is 14.3 Å². The molecule has 0 aliphatic carbocycles. The second-order valence-corrected chi connectivity index (χ2v) is 9.31. The van der Waals surface area contributed by atoms with Crippen molar-refractivity contribution in [2.45, 2.75) is 64.5 Å². The number of aryl methyl sites for hydroxylation is 1. The lowest BCUT2D eigenvalue weighted by Crippen LogP contribution is -2.55. The minimum absolute atomic E-state index is 0.276. The van der Waals surface area contributed by atoms with Gasteiger partial charge >= 0.3 is 5.97 Å². The van der Waals surface area contributed by atoms with Gasteiger partial charge in [-0.1, -0.05) is 30.3 Å². The number of nitrogens with zero attached hydrogens (tertiary/aromatic N) is 4. The number of carbonyl (C=O) groups is 1. The second kappa shape index (κ2) is 6.29. The van der Waals surface area contributed by atoms with Gasteiger partial charge in [0.1, 0.15) is 11.3 Å². The maximum absolute atomic E-state index is 12.8. The Hall–Kier alpha value is -2.93. The molecule has 0 spiro atoms. The first-order valence-electron chi connectivity index (χ1n) is 11.1. The zero-order chi connectivity index (χ0) is 21.5. The summed E-state index contributed by atoms with van der Waals surface area (Å²) in [5.74, 6) is -0.267. The third kappa shape index (κ3) is 2.59. The van der Waals surface area contributed by atoms with Crippen LogP contribution in [0.4, 0.5) is 5.82 Å². The number of carbonyl (C=O) groups excluding carboxylic acids is 1. The van der Waals surface area contributed by atoms with Crippen LogP contribution in [0.5, 0.6) is 0 Å². The molecule has 0 saturated carbocycles. The predicted octanol–water partition coefficient (Wildman–Crippen LogP) is 3.49. The van der Waals surface area contributed by atoms with Crippen LogP contribution in [-0.4, -0.2) is 34.0 Å². The van der Waals surface area contributed by atoms with Gasteiger partial charge in [0.2, 0.25) is 5.79 Å². The van der Waals surface area contributed by atoms with Crippen LogP contribution < -0.4 is 9.42 Å². The Balaban J connectivity index is 1.67. The number of hydrogen-bond acceptors (Lipinski definition) is 5. The molecule has 160 valence electrons. The standard InChI is InChI=1S/C24H27N4O3/c1-14-20(21-23(29)31-24(3,4)30-21)22-26-12-8-11-17(26)15(2)27-18(13-19(25-14)28(22)27)16-9-6-5-7-10-16/h5-7,9-10,13,15,17,21H,8,11-12H2,1-4H3/q+1. The van der Waals surface area contributed by atoms with E-state index in [1.54, 1.807) is 13.8 Å². The number of rotatable bonds is 2. The van der Waals surface area contributed by atoms with Crippen molar-refractivity contribution < 1.29 is 18.8 Å². The van der Waals surface area contributed by atoms with Crippen molar-refractivity contribution in [3.8, 4) is 11.3 Å². The van der Waals surface area contributed by atoms with Crippen molar-refractivity contribution in [3.05, 3.63) is 47.7 Å². The fourth-order valence-corrected chi connectivity index (χ4v) is 5.62. The minimum Gasteiger partial charge on any atom is -0.431 e. The zero-order valence-corrected chi connectivity index (χ0v) is 18.3. The third-order valence-electron chi connectivity index (χ3n) is 6.87. The number of anilines is 1. The zero-order valence-electron chi connectivity index (χ0n) is 18.3. The maximum atomic E-state index is 12.8. The first kappa shape index (κ1) is 18.8. The van der Waals surface area contributed by atoms with Crippen molar-refractivity contribution in [3.63, 3.8) is 0 Å². The maximum Gasteiger partial charge on any atom is 0.343 e. The summed E-state index contributed by atoms with van der Waals surface area (Å²) in [7, 11) is 0. The molecular formula is C24H27N4O3+. The molecule has 0 bridgehead atoms. The van der Waals surface area contributed by atoms with Gasteiger partial charge < -0.3 is 9.47 Å². The van der Waals surface area contributed by atoms with Crippen LogP contribution in [0.1, 0.15) is 57.0 Å². The van der Waals surface area contributed by atoms with Gasteiger partial charge in [-0.25, -0.2) is 9.48 Å². The molecule has 7 nitrogen and oxygen atoms in total. The third-order valence-corrected chi connectivity index (χ3v) is 6.87. The SMILES string of the molecule is Cc1nc2cc(-c3ccccc3)n3[n+]2c(c1C1OC(C)(C)OC1=O)N1CCCC1C3C. The smallest absolute Gasteiger partial charge is 0.343 e. The summed E-state index contributed by atoms with van der Waals surface area (Å²) in [6, 6.07) is 13.2. The van der Waals surface area contributed by atoms with E-state index < -0.39 is 11.9 Å². The lowest BCUT2D eigenvalue weighted by atomic mass is 10.0. The molecule has 3 atom stereocenters. The number of hydrogen-bond donors (Lipinski definition) is 0. The molecule has 3 aliphatic heterocycles. The van der Waals surface area contributed by atoms with Crippen molar-refractivity contribution in [1.29, 1.82) is 0 Å². The number of esters is 1. The number of ether oxygens (including phenoxy) is 2. The topological polar surface area (TPSA) is 60.7 Å². The Kier molecular flexibility index (Phi) is 3.82. The molecule has 1 aromatic carbocycles. The summed E-state index contributed by atoms with van der Waals surface area (Å²) >= 11 is 0. The molecule has 2 saturated heterocycles. The molecule has 0 radical (unpaired) electrons. The van der Waals surface area contributed by atoms with Gasteiger partial charge in [0.15, 0.2) is 6.10 Å². The lowest BCUT2D eigenvalue weighted by Gasteiger charge is -2.35. The fourth-order valence-electron chi connectivity index (χ4n) is 5.62. The van der Waals surface area contributed by atoms with E-state index >= 15 is 0 Å². The first-order valence-corrected chi connectivity index (χ1v) is 11.1. The average Bonchev–Trinajstić information content (AvgIpc) is 3.42. The monoisotopic (exact) mass is 419 g/mol. The molecule has 2 fully saturated rings. The molecule has 31 heavy (non-hydrogen) atoms. The number of benzene rings is 1. The normalized spacial score (nSPS) is 26.4. The number of cyclic esters (lactones) is 1. The first-order chi connectivity index (χ1) is 14.9. The van der Waals surface area contributed by atoms with E-state index in [0.29, 0.717) is 6.04 Å². The van der Waals surface area contributed by atoms with E-state index in [-0.39, 0.29) is 12.0 Å². The van der Waals surface area contributed by atoms with Crippen molar-refractivity contribution in [1.82, 2.24) is 9.67 Å². The predicted molar refractivity (Wildman–Crippen MR) is 115 cm³/mol.